The Labute approximate surface area is 168 Å². The SMILES string of the molecule is COC(=O)c1ccnc(Oc2ccc(-n3c(N)c4c(cc3=O)C(=O)NC4=O)cc2)c1. The molecule has 0 aliphatic carbocycles. The molecular weight excluding hydrogens is 392 g/mol. The number of anilines is 1. The molecule has 2 aromatic heterocycles. The van der Waals surface area contributed by atoms with Gasteiger partial charge in [-0.25, -0.2) is 9.78 Å². The first kappa shape index (κ1) is 18.9. The second-order valence-corrected chi connectivity index (χ2v) is 6.25. The van der Waals surface area contributed by atoms with E-state index in [-0.39, 0.29) is 28.4 Å². The van der Waals surface area contributed by atoms with Gasteiger partial charge < -0.3 is 15.2 Å². The molecule has 3 aromatic rings. The Morgan fingerprint density at radius 1 is 1.07 bits per heavy atom. The summed E-state index contributed by atoms with van der Waals surface area (Å²) in [6.07, 6.45) is 1.41. The number of nitrogens with one attached hydrogen (secondary N) is 1. The number of amides is 2. The third kappa shape index (κ3) is 3.15. The molecule has 4 rings (SSSR count). The van der Waals surface area contributed by atoms with Crippen LogP contribution in [0.3, 0.4) is 0 Å². The van der Waals surface area contributed by atoms with Gasteiger partial charge in [0, 0.05) is 18.3 Å². The number of nitrogens with zero attached hydrogens (tertiary/aromatic N) is 2. The molecule has 1 aliphatic heterocycles. The quantitative estimate of drug-likeness (QED) is 0.487. The van der Waals surface area contributed by atoms with Gasteiger partial charge in [-0.15, -0.1) is 0 Å². The fourth-order valence-electron chi connectivity index (χ4n) is 3.04. The molecule has 0 atom stereocenters. The highest BCUT2D eigenvalue weighted by atomic mass is 16.5. The average molecular weight is 406 g/mol. The van der Waals surface area contributed by atoms with Gasteiger partial charge in [-0.1, -0.05) is 0 Å². The molecule has 10 nitrogen and oxygen atoms in total. The fourth-order valence-corrected chi connectivity index (χ4v) is 3.04. The predicted molar refractivity (Wildman–Crippen MR) is 104 cm³/mol. The van der Waals surface area contributed by atoms with E-state index in [1.165, 1.54) is 25.4 Å². The molecule has 0 saturated heterocycles. The molecule has 0 spiro atoms. The zero-order valence-corrected chi connectivity index (χ0v) is 15.5. The molecule has 0 radical (unpaired) electrons. The molecule has 1 aliphatic rings. The highest BCUT2D eigenvalue weighted by Crippen LogP contribution is 2.25. The summed E-state index contributed by atoms with van der Waals surface area (Å²) in [6.45, 7) is 0. The molecule has 3 N–H and O–H groups in total. The zero-order chi connectivity index (χ0) is 21.4. The van der Waals surface area contributed by atoms with Gasteiger partial charge in [0.2, 0.25) is 5.88 Å². The summed E-state index contributed by atoms with van der Waals surface area (Å²) in [7, 11) is 1.27. The molecule has 10 heteroatoms. The first-order valence-corrected chi connectivity index (χ1v) is 8.63. The van der Waals surface area contributed by atoms with Crippen LogP contribution in [0.4, 0.5) is 5.82 Å². The van der Waals surface area contributed by atoms with Crippen LogP contribution in [0.1, 0.15) is 31.1 Å². The number of pyridine rings is 2. The number of imide groups is 1. The molecule has 0 unspecified atom stereocenters. The number of rotatable bonds is 4. The third-order valence-electron chi connectivity index (χ3n) is 4.43. The topological polar surface area (TPSA) is 143 Å². The van der Waals surface area contributed by atoms with Crippen molar-refractivity contribution in [3.63, 3.8) is 0 Å². The second kappa shape index (κ2) is 7.17. The number of carbonyl (C=O) groups excluding carboxylic acids is 3. The summed E-state index contributed by atoms with van der Waals surface area (Å²) in [5, 5.41) is 2.11. The van der Waals surface area contributed by atoms with Crippen molar-refractivity contribution in [1.82, 2.24) is 14.9 Å². The minimum Gasteiger partial charge on any atom is -0.465 e. The minimum absolute atomic E-state index is 0.0382. The number of aromatic nitrogens is 2. The molecular formula is C20H14N4O6. The molecule has 30 heavy (non-hydrogen) atoms. The average Bonchev–Trinajstić information content (AvgIpc) is 3.02. The lowest BCUT2D eigenvalue weighted by atomic mass is 10.1. The van der Waals surface area contributed by atoms with Crippen LogP contribution in [0.2, 0.25) is 0 Å². The maximum atomic E-state index is 12.5. The summed E-state index contributed by atoms with van der Waals surface area (Å²) < 4.78 is 11.4. The maximum absolute atomic E-state index is 12.5. The Hall–Kier alpha value is -4.47. The largest absolute Gasteiger partial charge is 0.465 e. The van der Waals surface area contributed by atoms with Crippen LogP contribution < -0.4 is 21.3 Å². The number of ether oxygens (including phenoxy) is 2. The number of fused-ring (bicyclic) bond motifs is 1. The van der Waals surface area contributed by atoms with Crippen LogP contribution in [0, 0.1) is 0 Å². The van der Waals surface area contributed by atoms with Gasteiger partial charge in [0.05, 0.1) is 29.5 Å². The summed E-state index contributed by atoms with van der Waals surface area (Å²) >= 11 is 0. The standard InChI is InChI=1S/C20H14N4O6/c1-29-20(28)10-6-7-22-14(8-10)30-12-4-2-11(3-5-12)24-15(25)9-13-16(17(24)21)19(27)23-18(13)26/h2-9H,21H2,1H3,(H,23,26,27). The zero-order valence-electron chi connectivity index (χ0n) is 15.5. The van der Waals surface area contributed by atoms with Crippen molar-refractivity contribution in [3.05, 3.63) is 75.7 Å². The van der Waals surface area contributed by atoms with Gasteiger partial charge in [-0.2, -0.15) is 0 Å². The molecule has 1 aromatic carbocycles. The van der Waals surface area contributed by atoms with Gasteiger partial charge in [-0.3, -0.25) is 24.3 Å². The van der Waals surface area contributed by atoms with Crippen LogP contribution in [0.15, 0.2) is 53.5 Å². The summed E-state index contributed by atoms with van der Waals surface area (Å²) in [4.78, 5) is 51.8. The first-order chi connectivity index (χ1) is 14.4. The highest BCUT2D eigenvalue weighted by molar-refractivity contribution is 6.23. The lowest BCUT2D eigenvalue weighted by Gasteiger charge is -2.12. The number of hydrogen-bond donors (Lipinski definition) is 2. The van der Waals surface area contributed by atoms with E-state index in [0.29, 0.717) is 11.4 Å². The molecule has 2 amide bonds. The van der Waals surface area contributed by atoms with E-state index in [9.17, 15) is 19.2 Å². The van der Waals surface area contributed by atoms with E-state index < -0.39 is 23.3 Å². The molecule has 0 saturated carbocycles. The van der Waals surface area contributed by atoms with E-state index in [4.69, 9.17) is 10.5 Å². The maximum Gasteiger partial charge on any atom is 0.338 e. The van der Waals surface area contributed by atoms with E-state index in [1.807, 2.05) is 0 Å². The monoisotopic (exact) mass is 406 g/mol. The lowest BCUT2D eigenvalue weighted by Crippen LogP contribution is -2.24. The van der Waals surface area contributed by atoms with Gasteiger partial charge in [0.1, 0.15) is 11.6 Å². The van der Waals surface area contributed by atoms with E-state index >= 15 is 0 Å². The normalized spacial score (nSPS) is 12.3. The number of esters is 1. The van der Waals surface area contributed by atoms with Crippen molar-refractivity contribution in [2.75, 3.05) is 12.8 Å². The van der Waals surface area contributed by atoms with Crippen LogP contribution in [-0.4, -0.2) is 34.4 Å². The number of nitrogens with two attached hydrogens (primary N) is 1. The van der Waals surface area contributed by atoms with Crippen molar-refractivity contribution in [3.8, 4) is 17.3 Å². The second-order valence-electron chi connectivity index (χ2n) is 6.25. The number of nitrogen functional groups attached to an aromatic ring is 1. The van der Waals surface area contributed by atoms with Crippen LogP contribution >= 0.6 is 0 Å². The van der Waals surface area contributed by atoms with Gasteiger partial charge in [0.25, 0.3) is 17.4 Å². The van der Waals surface area contributed by atoms with Crippen LogP contribution in [-0.2, 0) is 4.74 Å². The number of methoxy groups -OCH3 is 1. The summed E-state index contributed by atoms with van der Waals surface area (Å²) in [5.74, 6) is -1.41. The molecule has 3 heterocycles. The van der Waals surface area contributed by atoms with Crippen molar-refractivity contribution in [1.29, 1.82) is 0 Å². The van der Waals surface area contributed by atoms with Crippen molar-refractivity contribution in [2.24, 2.45) is 0 Å². The molecule has 150 valence electrons. The molecule has 0 fully saturated rings. The third-order valence-corrected chi connectivity index (χ3v) is 4.43. The number of benzene rings is 1. The van der Waals surface area contributed by atoms with E-state index in [0.717, 1.165) is 10.6 Å². The summed E-state index contributed by atoms with van der Waals surface area (Å²) in [6, 6.07) is 10.2. The predicted octanol–water partition coefficient (Wildman–Crippen LogP) is 1.28. The lowest BCUT2D eigenvalue weighted by molar-refractivity contribution is 0.0599. The Morgan fingerprint density at radius 3 is 2.50 bits per heavy atom. The van der Waals surface area contributed by atoms with E-state index in [1.54, 1.807) is 24.3 Å². The smallest absolute Gasteiger partial charge is 0.338 e. The van der Waals surface area contributed by atoms with Crippen molar-refractivity contribution < 1.29 is 23.9 Å². The Bertz CT molecular complexity index is 1260. The van der Waals surface area contributed by atoms with Gasteiger partial charge >= 0.3 is 5.97 Å². The highest BCUT2D eigenvalue weighted by Gasteiger charge is 2.31. The Kier molecular flexibility index (Phi) is 4.51. The van der Waals surface area contributed by atoms with E-state index in [2.05, 4.69) is 15.0 Å². The van der Waals surface area contributed by atoms with Crippen LogP contribution in [0.5, 0.6) is 11.6 Å². The number of carbonyl (C=O) groups is 3. The Morgan fingerprint density at radius 2 is 1.80 bits per heavy atom. The van der Waals surface area contributed by atoms with Gasteiger partial charge in [-0.05, 0) is 30.3 Å². The van der Waals surface area contributed by atoms with Crippen LogP contribution in [0.25, 0.3) is 5.69 Å². The van der Waals surface area contributed by atoms with Crippen molar-refractivity contribution in [2.45, 2.75) is 0 Å². The fraction of sp³-hybridized carbons (Fsp3) is 0.0500. The Balaban J connectivity index is 1.65. The van der Waals surface area contributed by atoms with Crippen molar-refractivity contribution >= 4 is 23.6 Å². The summed E-state index contributed by atoms with van der Waals surface area (Å²) in [5.41, 5.74) is 6.02. The number of hydrogen-bond acceptors (Lipinski definition) is 8. The first-order valence-electron chi connectivity index (χ1n) is 8.63. The minimum atomic E-state index is -0.656. The van der Waals surface area contributed by atoms with Gasteiger partial charge in [0.15, 0.2) is 0 Å². The molecule has 0 bridgehead atoms.